The average molecular weight is 255 g/mol. The summed E-state index contributed by atoms with van der Waals surface area (Å²) < 4.78 is 5.62. The van der Waals surface area contributed by atoms with Crippen LogP contribution in [-0.2, 0) is 9.53 Å². The van der Waals surface area contributed by atoms with E-state index in [0.717, 1.165) is 45.4 Å². The minimum Gasteiger partial charge on any atom is -0.378 e. The number of ether oxygens (including phenoxy) is 1. The highest BCUT2D eigenvalue weighted by Crippen LogP contribution is 2.38. The van der Waals surface area contributed by atoms with Crippen LogP contribution in [0.25, 0.3) is 0 Å². The molecule has 4 N–H and O–H groups in total. The van der Waals surface area contributed by atoms with Gasteiger partial charge >= 0.3 is 0 Å². The molecule has 0 aromatic rings. The summed E-state index contributed by atoms with van der Waals surface area (Å²) in [4.78, 5) is 13.9. The van der Waals surface area contributed by atoms with Gasteiger partial charge in [0.15, 0.2) is 0 Å². The van der Waals surface area contributed by atoms with Gasteiger partial charge in [-0.25, -0.2) is 0 Å². The summed E-state index contributed by atoms with van der Waals surface area (Å²) in [5.74, 6) is -0.0588. The van der Waals surface area contributed by atoms with Crippen LogP contribution < -0.4 is 11.5 Å². The summed E-state index contributed by atoms with van der Waals surface area (Å²) in [6.45, 7) is 5.30. The third-order valence-electron chi connectivity index (χ3n) is 4.19. The lowest BCUT2D eigenvalue weighted by molar-refractivity contribution is -0.125. The van der Waals surface area contributed by atoms with Gasteiger partial charge in [0.2, 0.25) is 5.91 Å². The third-order valence-corrected chi connectivity index (χ3v) is 4.19. The molecule has 2 aliphatic rings. The fraction of sp³-hybridized carbons (Fsp3) is 0.923. The summed E-state index contributed by atoms with van der Waals surface area (Å²) in [5, 5.41) is 0. The first-order valence-corrected chi connectivity index (χ1v) is 6.99. The molecule has 0 aromatic carbocycles. The minimum atomic E-state index is -0.821. The van der Waals surface area contributed by atoms with Crippen LogP contribution in [0.2, 0.25) is 0 Å². The van der Waals surface area contributed by atoms with E-state index >= 15 is 0 Å². The summed E-state index contributed by atoms with van der Waals surface area (Å²) in [5.41, 5.74) is 10.9. The molecular weight excluding hydrogens is 230 g/mol. The van der Waals surface area contributed by atoms with Gasteiger partial charge in [0, 0.05) is 26.2 Å². The molecule has 2 fully saturated rings. The number of nitrogens with zero attached hydrogens (tertiary/aromatic N) is 1. The van der Waals surface area contributed by atoms with Crippen LogP contribution in [0.1, 0.15) is 32.6 Å². The van der Waals surface area contributed by atoms with E-state index in [1.165, 1.54) is 0 Å². The fourth-order valence-electron chi connectivity index (χ4n) is 2.85. The molecule has 5 heteroatoms. The molecule has 0 bridgehead atoms. The zero-order chi connectivity index (χ0) is 13.2. The number of hydrogen-bond acceptors (Lipinski definition) is 4. The number of hydrogen-bond donors (Lipinski definition) is 2. The van der Waals surface area contributed by atoms with Gasteiger partial charge in [-0.05, 0) is 38.5 Å². The van der Waals surface area contributed by atoms with Crippen molar-refractivity contribution < 1.29 is 9.53 Å². The molecule has 1 amide bonds. The maximum absolute atomic E-state index is 11.6. The molecule has 0 radical (unpaired) electrons. The van der Waals surface area contributed by atoms with Gasteiger partial charge < -0.3 is 21.1 Å². The molecule has 1 unspecified atom stereocenters. The number of carbonyl (C=O) groups excluding carboxylic acids is 1. The second-order valence-corrected chi connectivity index (χ2v) is 5.61. The molecule has 1 aliphatic carbocycles. The van der Waals surface area contributed by atoms with E-state index < -0.39 is 5.54 Å². The van der Waals surface area contributed by atoms with E-state index in [0.29, 0.717) is 18.6 Å². The van der Waals surface area contributed by atoms with Crippen molar-refractivity contribution in [3.63, 3.8) is 0 Å². The highest BCUT2D eigenvalue weighted by atomic mass is 16.5. The van der Waals surface area contributed by atoms with Crippen molar-refractivity contribution in [3.05, 3.63) is 0 Å². The Labute approximate surface area is 109 Å². The molecule has 1 saturated carbocycles. The molecule has 18 heavy (non-hydrogen) atoms. The van der Waals surface area contributed by atoms with Gasteiger partial charge in [-0.3, -0.25) is 4.79 Å². The highest BCUT2D eigenvalue weighted by molar-refractivity contribution is 5.85. The predicted octanol–water partition coefficient (Wildman–Crippen LogP) is 0.0801. The lowest BCUT2D eigenvalue weighted by Crippen LogP contribution is -2.61. The lowest BCUT2D eigenvalue weighted by atomic mass is 9.92. The Hall–Kier alpha value is -0.650. The van der Waals surface area contributed by atoms with E-state index in [1.807, 2.05) is 6.92 Å². The zero-order valence-corrected chi connectivity index (χ0v) is 11.2. The largest absolute Gasteiger partial charge is 0.378 e. The van der Waals surface area contributed by atoms with Gasteiger partial charge in [-0.1, -0.05) is 0 Å². The molecule has 0 spiro atoms. The second-order valence-electron chi connectivity index (χ2n) is 5.61. The van der Waals surface area contributed by atoms with Crippen LogP contribution in [-0.4, -0.2) is 48.7 Å². The molecule has 1 heterocycles. The molecule has 1 saturated heterocycles. The summed E-state index contributed by atoms with van der Waals surface area (Å²) in [6, 6.07) is 0. The first-order chi connectivity index (χ1) is 8.56. The number of rotatable bonds is 6. The van der Waals surface area contributed by atoms with Gasteiger partial charge in [-0.15, -0.1) is 0 Å². The minimum absolute atomic E-state index is 0.291. The number of piperidine rings is 1. The van der Waals surface area contributed by atoms with Gasteiger partial charge in [-0.2, -0.15) is 0 Å². The second kappa shape index (κ2) is 5.55. The Kier molecular flexibility index (Phi) is 4.25. The van der Waals surface area contributed by atoms with Crippen LogP contribution in [0, 0.1) is 5.92 Å². The number of carbonyl (C=O) groups is 1. The van der Waals surface area contributed by atoms with Crippen molar-refractivity contribution in [2.45, 2.75) is 44.2 Å². The first kappa shape index (κ1) is 13.8. The molecule has 2 rings (SSSR count). The standard InChI is InChI=1S/C13H25N3O2/c1-2-18-11-5-7-16(8-6-11)9-13(15,12(14)17)10-3-4-10/h10-11H,2-9,15H2,1H3,(H2,14,17). The zero-order valence-electron chi connectivity index (χ0n) is 11.2. The van der Waals surface area contributed by atoms with Gasteiger partial charge in [0.1, 0.15) is 5.54 Å². The fourth-order valence-corrected chi connectivity index (χ4v) is 2.85. The number of primary amides is 1. The van der Waals surface area contributed by atoms with Crippen LogP contribution in [0.4, 0.5) is 0 Å². The van der Waals surface area contributed by atoms with Crippen LogP contribution in [0.5, 0.6) is 0 Å². The van der Waals surface area contributed by atoms with Crippen LogP contribution in [0.3, 0.4) is 0 Å². The van der Waals surface area contributed by atoms with E-state index in [9.17, 15) is 4.79 Å². The Bertz CT molecular complexity index is 299. The van der Waals surface area contributed by atoms with Gasteiger partial charge in [0.05, 0.1) is 6.10 Å². The van der Waals surface area contributed by atoms with E-state index in [4.69, 9.17) is 16.2 Å². The summed E-state index contributed by atoms with van der Waals surface area (Å²) in [6.07, 6.45) is 4.48. The molecule has 5 nitrogen and oxygen atoms in total. The third kappa shape index (κ3) is 3.02. The Morgan fingerprint density at radius 1 is 1.33 bits per heavy atom. The maximum Gasteiger partial charge on any atom is 0.239 e. The first-order valence-electron chi connectivity index (χ1n) is 6.99. The van der Waals surface area contributed by atoms with E-state index in [2.05, 4.69) is 4.90 Å². The van der Waals surface area contributed by atoms with E-state index in [1.54, 1.807) is 0 Å². The number of amides is 1. The van der Waals surface area contributed by atoms with E-state index in [-0.39, 0.29) is 5.91 Å². The van der Waals surface area contributed by atoms with Crippen molar-refractivity contribution >= 4 is 5.91 Å². The van der Waals surface area contributed by atoms with Crippen molar-refractivity contribution in [2.24, 2.45) is 17.4 Å². The normalized spacial score (nSPS) is 25.9. The lowest BCUT2D eigenvalue weighted by Gasteiger charge is -2.37. The maximum atomic E-state index is 11.6. The topological polar surface area (TPSA) is 81.6 Å². The number of likely N-dealkylation sites (tertiary alicyclic amines) is 1. The van der Waals surface area contributed by atoms with Crippen molar-refractivity contribution in [3.8, 4) is 0 Å². The SMILES string of the molecule is CCOC1CCN(CC(N)(C(N)=O)C2CC2)CC1. The monoisotopic (exact) mass is 255 g/mol. The smallest absolute Gasteiger partial charge is 0.239 e. The summed E-state index contributed by atoms with van der Waals surface area (Å²) >= 11 is 0. The molecule has 1 atom stereocenters. The number of nitrogens with two attached hydrogens (primary N) is 2. The van der Waals surface area contributed by atoms with Crippen molar-refractivity contribution in [1.29, 1.82) is 0 Å². The Balaban J connectivity index is 1.84. The summed E-state index contributed by atoms with van der Waals surface area (Å²) in [7, 11) is 0. The molecule has 104 valence electrons. The average Bonchev–Trinajstić information content (AvgIpc) is 3.16. The Morgan fingerprint density at radius 3 is 2.39 bits per heavy atom. The van der Waals surface area contributed by atoms with Crippen molar-refractivity contribution in [1.82, 2.24) is 4.90 Å². The molecular formula is C13H25N3O2. The van der Waals surface area contributed by atoms with Gasteiger partial charge in [0.25, 0.3) is 0 Å². The quantitative estimate of drug-likeness (QED) is 0.704. The predicted molar refractivity (Wildman–Crippen MR) is 69.9 cm³/mol. The highest BCUT2D eigenvalue weighted by Gasteiger charge is 2.47. The molecule has 1 aliphatic heterocycles. The Morgan fingerprint density at radius 2 is 1.94 bits per heavy atom. The molecule has 0 aromatic heterocycles. The van der Waals surface area contributed by atoms with Crippen molar-refractivity contribution in [2.75, 3.05) is 26.2 Å². The van der Waals surface area contributed by atoms with Crippen LogP contribution >= 0.6 is 0 Å². The van der Waals surface area contributed by atoms with Crippen LogP contribution in [0.15, 0.2) is 0 Å².